The van der Waals surface area contributed by atoms with Gasteiger partial charge in [-0.25, -0.2) is 4.98 Å². The first-order chi connectivity index (χ1) is 16.2. The maximum absolute atomic E-state index is 10.7. The number of rotatable bonds is 5. The highest BCUT2D eigenvalue weighted by Gasteiger charge is 2.20. The Hall–Kier alpha value is -3.53. The number of benzene rings is 1. The summed E-state index contributed by atoms with van der Waals surface area (Å²) >= 11 is 0. The Morgan fingerprint density at radius 3 is 2.61 bits per heavy atom. The molecule has 0 radical (unpaired) electrons. The molecule has 9 heteroatoms. The Morgan fingerprint density at radius 2 is 1.79 bits per heavy atom. The Balaban J connectivity index is 1.38. The Kier molecular flexibility index (Phi) is 6.16. The first kappa shape index (κ1) is 21.3. The number of aromatic nitrogens is 5. The van der Waals surface area contributed by atoms with Crippen molar-refractivity contribution in [3.63, 3.8) is 0 Å². The minimum atomic E-state index is -0.728. The number of hydrogen-bond acceptors (Lipinski definition) is 9. The second kappa shape index (κ2) is 9.53. The fourth-order valence-corrected chi connectivity index (χ4v) is 3.82. The molecule has 5 rings (SSSR count). The number of aliphatic hydroxyl groups excluding tert-OH is 1. The molecule has 2 N–H and O–H groups in total. The van der Waals surface area contributed by atoms with Gasteiger partial charge in [-0.1, -0.05) is 18.2 Å². The average molecular weight is 444 g/mol. The van der Waals surface area contributed by atoms with Crippen molar-refractivity contribution in [2.75, 3.05) is 26.2 Å². The first-order valence-electron chi connectivity index (χ1n) is 11.0. The molecule has 9 nitrogen and oxygen atoms in total. The monoisotopic (exact) mass is 443 g/mol. The van der Waals surface area contributed by atoms with Crippen LogP contribution in [0.3, 0.4) is 0 Å². The van der Waals surface area contributed by atoms with E-state index in [0.29, 0.717) is 34.6 Å². The summed E-state index contributed by atoms with van der Waals surface area (Å²) in [6.45, 7) is 5.30. The highest BCUT2D eigenvalue weighted by atomic mass is 16.4. The first-order valence-corrected chi connectivity index (χ1v) is 11.0. The molecule has 1 aromatic carbocycles. The van der Waals surface area contributed by atoms with Crippen molar-refractivity contribution < 1.29 is 9.52 Å². The molecule has 1 atom stereocenters. The van der Waals surface area contributed by atoms with Crippen LogP contribution in [0.25, 0.3) is 34.3 Å². The number of aryl methyl sites for hydroxylation is 1. The predicted octanol–water partition coefficient (Wildman–Crippen LogP) is 2.85. The van der Waals surface area contributed by atoms with E-state index in [1.54, 1.807) is 12.4 Å². The third kappa shape index (κ3) is 4.65. The van der Waals surface area contributed by atoms with Crippen molar-refractivity contribution in [1.82, 2.24) is 35.4 Å². The highest BCUT2D eigenvalue weighted by Crippen LogP contribution is 2.27. The molecular formula is C24H25N7O2. The summed E-state index contributed by atoms with van der Waals surface area (Å²) in [4.78, 5) is 15.7. The summed E-state index contributed by atoms with van der Waals surface area (Å²) in [5.41, 5.74) is 4.12. The molecular weight excluding hydrogens is 418 g/mol. The van der Waals surface area contributed by atoms with Gasteiger partial charge in [0.15, 0.2) is 6.23 Å². The average Bonchev–Trinajstić information content (AvgIpc) is 3.19. The quantitative estimate of drug-likeness (QED) is 0.481. The number of nitrogens with zero attached hydrogens (tertiary/aromatic N) is 6. The number of aliphatic hydroxyl groups is 1. The zero-order valence-electron chi connectivity index (χ0n) is 18.3. The zero-order valence-corrected chi connectivity index (χ0v) is 18.3. The van der Waals surface area contributed by atoms with E-state index in [-0.39, 0.29) is 0 Å². The van der Waals surface area contributed by atoms with Crippen LogP contribution in [0, 0.1) is 6.92 Å². The second-order valence-electron chi connectivity index (χ2n) is 7.95. The SMILES string of the molecule is Cc1ncc(-c2ccc(C(O)N3CCCNCC3)nc2)nc1-c1nnc(-c2ccccc2)o1. The molecule has 4 aromatic rings. The minimum absolute atomic E-state index is 0.315. The molecule has 0 saturated carbocycles. The molecule has 1 saturated heterocycles. The summed E-state index contributed by atoms with van der Waals surface area (Å²) < 4.78 is 5.87. The van der Waals surface area contributed by atoms with Crippen molar-refractivity contribution in [1.29, 1.82) is 0 Å². The van der Waals surface area contributed by atoms with E-state index >= 15 is 0 Å². The van der Waals surface area contributed by atoms with Crippen molar-refractivity contribution in [2.45, 2.75) is 19.6 Å². The van der Waals surface area contributed by atoms with Gasteiger partial charge in [-0.05, 0) is 44.2 Å². The maximum Gasteiger partial charge on any atom is 0.268 e. The van der Waals surface area contributed by atoms with E-state index in [2.05, 4.69) is 25.5 Å². The van der Waals surface area contributed by atoms with E-state index in [1.807, 2.05) is 54.3 Å². The molecule has 1 unspecified atom stereocenters. The number of pyridine rings is 1. The van der Waals surface area contributed by atoms with Gasteiger partial charge in [0.2, 0.25) is 5.89 Å². The molecule has 0 spiro atoms. The van der Waals surface area contributed by atoms with Crippen LogP contribution >= 0.6 is 0 Å². The lowest BCUT2D eigenvalue weighted by Gasteiger charge is -2.25. The molecule has 0 bridgehead atoms. The zero-order chi connectivity index (χ0) is 22.6. The molecule has 0 amide bonds. The van der Waals surface area contributed by atoms with E-state index in [0.717, 1.165) is 43.7 Å². The lowest BCUT2D eigenvalue weighted by Crippen LogP contribution is -2.32. The third-order valence-corrected chi connectivity index (χ3v) is 5.67. The van der Waals surface area contributed by atoms with Gasteiger partial charge in [0.25, 0.3) is 5.89 Å². The fraction of sp³-hybridized carbons (Fsp3) is 0.292. The summed E-state index contributed by atoms with van der Waals surface area (Å²) in [6, 6.07) is 13.3. The van der Waals surface area contributed by atoms with Crippen LogP contribution in [0.15, 0.2) is 59.3 Å². The number of hydrogen-bond donors (Lipinski definition) is 2. The van der Waals surface area contributed by atoms with Crippen LogP contribution in [0.1, 0.15) is 24.0 Å². The van der Waals surface area contributed by atoms with Gasteiger partial charge in [0.05, 0.1) is 23.3 Å². The molecule has 0 aliphatic carbocycles. The summed E-state index contributed by atoms with van der Waals surface area (Å²) in [5, 5.41) is 22.4. The van der Waals surface area contributed by atoms with E-state index < -0.39 is 6.23 Å². The number of nitrogens with one attached hydrogen (secondary N) is 1. The lowest BCUT2D eigenvalue weighted by molar-refractivity contribution is 0.00293. The van der Waals surface area contributed by atoms with Crippen LogP contribution in [0.4, 0.5) is 0 Å². The summed E-state index contributed by atoms with van der Waals surface area (Å²) in [6.07, 6.45) is 3.67. The molecule has 168 valence electrons. The molecule has 4 heterocycles. The van der Waals surface area contributed by atoms with Crippen LogP contribution in [-0.4, -0.2) is 61.3 Å². The van der Waals surface area contributed by atoms with Crippen molar-refractivity contribution in [3.05, 3.63) is 66.2 Å². The smallest absolute Gasteiger partial charge is 0.268 e. The van der Waals surface area contributed by atoms with Gasteiger partial charge in [-0.3, -0.25) is 14.9 Å². The van der Waals surface area contributed by atoms with Gasteiger partial charge in [-0.15, -0.1) is 10.2 Å². The third-order valence-electron chi connectivity index (χ3n) is 5.67. The maximum atomic E-state index is 10.7. The van der Waals surface area contributed by atoms with Crippen LogP contribution in [0.5, 0.6) is 0 Å². The van der Waals surface area contributed by atoms with Gasteiger partial charge < -0.3 is 14.8 Å². The van der Waals surface area contributed by atoms with Gasteiger partial charge in [0, 0.05) is 37.0 Å². The summed E-state index contributed by atoms with van der Waals surface area (Å²) in [5.74, 6) is 0.747. The van der Waals surface area contributed by atoms with Gasteiger partial charge in [-0.2, -0.15) is 0 Å². The van der Waals surface area contributed by atoms with Crippen molar-refractivity contribution in [2.24, 2.45) is 0 Å². The molecule has 3 aromatic heterocycles. The molecule has 33 heavy (non-hydrogen) atoms. The molecule has 1 fully saturated rings. The molecule has 1 aliphatic rings. The Bertz CT molecular complexity index is 1200. The fourth-order valence-electron chi connectivity index (χ4n) is 3.82. The van der Waals surface area contributed by atoms with Crippen molar-refractivity contribution >= 4 is 0 Å². The van der Waals surface area contributed by atoms with Crippen LogP contribution in [0.2, 0.25) is 0 Å². The normalized spacial score (nSPS) is 15.8. The second-order valence-corrected chi connectivity index (χ2v) is 7.95. The largest absolute Gasteiger partial charge is 0.415 e. The van der Waals surface area contributed by atoms with Crippen LogP contribution in [-0.2, 0) is 0 Å². The Labute approximate surface area is 191 Å². The minimum Gasteiger partial charge on any atom is -0.415 e. The Morgan fingerprint density at radius 1 is 0.939 bits per heavy atom. The van der Waals surface area contributed by atoms with Crippen LogP contribution < -0.4 is 5.32 Å². The standard InChI is InChI=1S/C24H25N7O2/c1-16-21(23-30-29-22(33-23)17-6-3-2-4-7-17)28-20(15-26-16)18-8-9-19(27-14-18)24(32)31-12-5-10-25-11-13-31/h2-4,6-9,14-15,24-25,32H,5,10-13H2,1H3. The molecule has 1 aliphatic heterocycles. The predicted molar refractivity (Wildman–Crippen MR) is 123 cm³/mol. The lowest BCUT2D eigenvalue weighted by atomic mass is 10.1. The van der Waals surface area contributed by atoms with Gasteiger partial charge >= 0.3 is 0 Å². The van der Waals surface area contributed by atoms with E-state index in [4.69, 9.17) is 9.40 Å². The van der Waals surface area contributed by atoms with E-state index in [9.17, 15) is 5.11 Å². The topological polar surface area (TPSA) is 113 Å². The summed E-state index contributed by atoms with van der Waals surface area (Å²) in [7, 11) is 0. The van der Waals surface area contributed by atoms with Gasteiger partial charge in [0.1, 0.15) is 5.69 Å². The van der Waals surface area contributed by atoms with E-state index in [1.165, 1.54) is 0 Å². The van der Waals surface area contributed by atoms with Crippen molar-refractivity contribution in [3.8, 4) is 34.3 Å². The highest BCUT2D eigenvalue weighted by molar-refractivity contribution is 5.62.